The van der Waals surface area contributed by atoms with Gasteiger partial charge >= 0.3 is 186 Å². The van der Waals surface area contributed by atoms with Gasteiger partial charge in [0.25, 0.3) is 0 Å². The van der Waals surface area contributed by atoms with Gasteiger partial charge < -0.3 is 0 Å². The van der Waals surface area contributed by atoms with Gasteiger partial charge in [-0.2, -0.15) is 0 Å². The van der Waals surface area contributed by atoms with E-state index in [4.69, 9.17) is 9.47 Å². The number of aliphatic hydroxyl groups is 1. The molecule has 1 fully saturated rings. The van der Waals surface area contributed by atoms with Crippen molar-refractivity contribution >= 4 is 18.4 Å². The minimum absolute atomic E-state index is 0.00734. The van der Waals surface area contributed by atoms with E-state index in [2.05, 4.69) is 34.3 Å². The Balaban J connectivity index is 2.58. The number of ether oxygens (including phenoxy) is 2. The fourth-order valence-corrected chi connectivity index (χ4v) is 20.7. The first-order valence-corrected chi connectivity index (χ1v) is 20.1. The molecule has 3 unspecified atom stereocenters. The molecule has 1 N–H and O–H groups in total. The van der Waals surface area contributed by atoms with Crippen molar-refractivity contribution in [3.63, 3.8) is 0 Å². The minimum atomic E-state index is -2.54. The number of hydrogen-bond donors (Lipinski definition) is 1. The quantitative estimate of drug-likeness (QED) is 0.207. The molecule has 4 heteroatoms. The molecule has 0 aromatic heterocycles. The summed E-state index contributed by atoms with van der Waals surface area (Å²) in [6, 6.07) is 0. The monoisotopic (exact) mass is 518 g/mol. The first-order chi connectivity index (χ1) is 14.0. The van der Waals surface area contributed by atoms with Gasteiger partial charge in [-0.05, 0) is 0 Å². The number of aliphatic hydroxyl groups excluding tert-OH is 1. The van der Waals surface area contributed by atoms with Crippen LogP contribution in [0.5, 0.6) is 0 Å². The molecule has 0 amide bonds. The van der Waals surface area contributed by atoms with E-state index in [1.165, 1.54) is 61.8 Å². The molecule has 0 aromatic rings. The van der Waals surface area contributed by atoms with Gasteiger partial charge in [0.15, 0.2) is 0 Å². The standard InChI is InChI=1S/C13H23O3.3C4H9.Sn/c1-3-12(14)8-7-11(2)10-16-13-6-4-5-9-15-13;3*1-3-4-2;/h11-14H,1,4-10H2,2H3;3*1,3-4H2,2H3;. The second-order valence-corrected chi connectivity index (χ2v) is 22.9. The second kappa shape index (κ2) is 16.1. The molecule has 1 rings (SSSR count). The molecule has 3 nitrogen and oxygen atoms in total. The van der Waals surface area contributed by atoms with Crippen LogP contribution in [0.25, 0.3) is 0 Å². The predicted octanol–water partition coefficient (Wildman–Crippen LogP) is 7.25. The number of hydrogen-bond acceptors (Lipinski definition) is 3. The molecule has 29 heavy (non-hydrogen) atoms. The summed E-state index contributed by atoms with van der Waals surface area (Å²) in [5.41, 5.74) is 0. The maximum atomic E-state index is 11.1. The van der Waals surface area contributed by atoms with Crippen molar-refractivity contribution in [2.24, 2.45) is 5.92 Å². The van der Waals surface area contributed by atoms with Crippen LogP contribution < -0.4 is 0 Å². The molecule has 0 radical (unpaired) electrons. The third-order valence-corrected chi connectivity index (χ3v) is 22.8. The molecule has 1 aliphatic rings. The molecular weight excluding hydrogens is 467 g/mol. The van der Waals surface area contributed by atoms with Crippen molar-refractivity contribution in [1.29, 1.82) is 0 Å². The number of rotatable bonds is 17. The summed E-state index contributed by atoms with van der Waals surface area (Å²) in [5, 5.41) is 11.1. The topological polar surface area (TPSA) is 38.7 Å². The zero-order valence-electron chi connectivity index (χ0n) is 20.0. The first kappa shape index (κ1) is 27.5. The van der Waals surface area contributed by atoms with Crippen LogP contribution in [0.3, 0.4) is 0 Å². The van der Waals surface area contributed by atoms with Gasteiger partial charge in [0.05, 0.1) is 0 Å². The van der Waals surface area contributed by atoms with Crippen LogP contribution in [0, 0.1) is 5.92 Å². The van der Waals surface area contributed by atoms with Crippen LogP contribution in [0.4, 0.5) is 0 Å². The Morgan fingerprint density at radius 2 is 1.62 bits per heavy atom. The first-order valence-electron chi connectivity index (χ1n) is 12.6. The predicted molar refractivity (Wildman–Crippen MR) is 128 cm³/mol. The van der Waals surface area contributed by atoms with Crippen molar-refractivity contribution in [2.75, 3.05) is 13.2 Å². The van der Waals surface area contributed by atoms with Gasteiger partial charge in [0.2, 0.25) is 0 Å². The molecule has 0 bridgehead atoms. The molecule has 0 aliphatic carbocycles. The van der Waals surface area contributed by atoms with E-state index in [0.717, 1.165) is 38.9 Å². The molecule has 1 heterocycles. The Bertz CT molecular complexity index is 399. The number of unbranched alkanes of at least 4 members (excludes halogenated alkanes) is 3. The third kappa shape index (κ3) is 10.5. The Labute approximate surface area is 185 Å². The van der Waals surface area contributed by atoms with Crippen molar-refractivity contribution in [3.8, 4) is 0 Å². The van der Waals surface area contributed by atoms with Crippen LogP contribution >= 0.6 is 0 Å². The van der Waals surface area contributed by atoms with E-state index < -0.39 is 18.4 Å². The van der Waals surface area contributed by atoms with Crippen molar-refractivity contribution in [2.45, 2.75) is 124 Å². The van der Waals surface area contributed by atoms with E-state index >= 15 is 0 Å². The fraction of sp³-hybridized carbons (Fsp3) is 0.920. The zero-order valence-corrected chi connectivity index (χ0v) is 22.9. The summed E-state index contributed by atoms with van der Waals surface area (Å²) in [5.74, 6) is 0.453. The van der Waals surface area contributed by atoms with Crippen LogP contribution in [-0.2, 0) is 9.47 Å². The molecular formula is C25H50O3Sn. The van der Waals surface area contributed by atoms with Crippen LogP contribution in [0.1, 0.15) is 98.3 Å². The Morgan fingerprint density at radius 1 is 1.03 bits per heavy atom. The Kier molecular flexibility index (Phi) is 15.2. The van der Waals surface area contributed by atoms with E-state index in [1.54, 1.807) is 0 Å². The van der Waals surface area contributed by atoms with E-state index in [0.29, 0.717) is 5.92 Å². The van der Waals surface area contributed by atoms with Gasteiger partial charge in [-0.15, -0.1) is 0 Å². The summed E-state index contributed by atoms with van der Waals surface area (Å²) in [4.78, 5) is 0. The average molecular weight is 517 g/mol. The molecule has 3 atom stereocenters. The van der Waals surface area contributed by atoms with Gasteiger partial charge in [-0.3, -0.25) is 0 Å². The zero-order chi connectivity index (χ0) is 21.5. The summed E-state index contributed by atoms with van der Waals surface area (Å²) >= 11 is -2.54. The van der Waals surface area contributed by atoms with Crippen LogP contribution in [0.2, 0.25) is 13.3 Å². The fourth-order valence-electron chi connectivity index (χ4n) is 4.57. The second-order valence-electron chi connectivity index (χ2n) is 9.44. The van der Waals surface area contributed by atoms with Crippen molar-refractivity contribution in [3.05, 3.63) is 10.2 Å². The molecule has 0 spiro atoms. The Morgan fingerprint density at radius 3 is 2.10 bits per heavy atom. The van der Waals surface area contributed by atoms with E-state index in [-0.39, 0.29) is 12.4 Å². The van der Waals surface area contributed by atoms with E-state index in [1.807, 2.05) is 0 Å². The van der Waals surface area contributed by atoms with Gasteiger partial charge in [0, 0.05) is 0 Å². The third-order valence-electron chi connectivity index (χ3n) is 6.75. The summed E-state index contributed by atoms with van der Waals surface area (Å²) in [6.07, 6.45) is 12.7. The van der Waals surface area contributed by atoms with Gasteiger partial charge in [-0.1, -0.05) is 0 Å². The normalized spacial score (nSPS) is 19.8. The van der Waals surface area contributed by atoms with Crippen LogP contribution in [0.15, 0.2) is 10.2 Å². The van der Waals surface area contributed by atoms with Crippen molar-refractivity contribution < 1.29 is 14.6 Å². The summed E-state index contributed by atoms with van der Waals surface area (Å²) in [7, 11) is 0. The Hall–Kier alpha value is 0.419. The maximum absolute atomic E-state index is 11.1. The van der Waals surface area contributed by atoms with Crippen molar-refractivity contribution in [1.82, 2.24) is 0 Å². The molecule has 172 valence electrons. The summed E-state index contributed by atoms with van der Waals surface area (Å²) in [6.45, 7) is 15.3. The van der Waals surface area contributed by atoms with Gasteiger partial charge in [-0.25, -0.2) is 0 Å². The SMILES string of the molecule is C=[C](C(O)CCC(C)COC1CCCCO1)[Sn]([CH2]CCC)([CH2]CCC)[CH2]CCC. The molecule has 0 saturated carbocycles. The average Bonchev–Trinajstić information content (AvgIpc) is 2.76. The molecule has 1 saturated heterocycles. The van der Waals surface area contributed by atoms with Crippen LogP contribution in [-0.4, -0.2) is 49.1 Å². The molecule has 0 aromatic carbocycles. The summed E-state index contributed by atoms with van der Waals surface area (Å²) < 4.78 is 17.1. The van der Waals surface area contributed by atoms with Gasteiger partial charge in [0.1, 0.15) is 0 Å². The van der Waals surface area contributed by atoms with E-state index in [9.17, 15) is 5.11 Å². The molecule has 1 aliphatic heterocycles.